The van der Waals surface area contributed by atoms with E-state index in [0.29, 0.717) is 31.9 Å². The summed E-state index contributed by atoms with van der Waals surface area (Å²) < 4.78 is 5.61. The summed E-state index contributed by atoms with van der Waals surface area (Å²) in [5.74, 6) is 1.54. The molecule has 2 aliphatic rings. The third-order valence-corrected chi connectivity index (χ3v) is 4.87. The maximum Gasteiger partial charge on any atom is 0.227 e. The summed E-state index contributed by atoms with van der Waals surface area (Å²) in [6, 6.07) is 9.63. The van der Waals surface area contributed by atoms with E-state index < -0.39 is 0 Å². The van der Waals surface area contributed by atoms with Crippen LogP contribution in [0.5, 0.6) is 5.75 Å². The molecule has 2 aliphatic heterocycles. The molecule has 3 rings (SSSR count). The fourth-order valence-corrected chi connectivity index (χ4v) is 3.49. The molecule has 0 aliphatic carbocycles. The van der Waals surface area contributed by atoms with E-state index in [1.54, 1.807) is 4.90 Å². The van der Waals surface area contributed by atoms with Crippen molar-refractivity contribution in [2.75, 3.05) is 33.3 Å². The number of carbonyl (C=O) groups is 2. The highest BCUT2D eigenvalue weighted by atomic mass is 16.5. The van der Waals surface area contributed by atoms with Gasteiger partial charge < -0.3 is 14.5 Å². The van der Waals surface area contributed by atoms with E-state index in [2.05, 4.69) is 0 Å². The summed E-state index contributed by atoms with van der Waals surface area (Å²) >= 11 is 0. The Morgan fingerprint density at radius 2 is 2.04 bits per heavy atom. The van der Waals surface area contributed by atoms with E-state index in [1.165, 1.54) is 0 Å². The maximum absolute atomic E-state index is 12.3. The van der Waals surface area contributed by atoms with E-state index >= 15 is 0 Å². The van der Waals surface area contributed by atoms with Crippen LogP contribution in [0.3, 0.4) is 0 Å². The molecule has 0 unspecified atom stereocenters. The molecule has 2 heterocycles. The molecule has 1 aromatic rings. The molecule has 0 bridgehead atoms. The molecule has 2 saturated heterocycles. The van der Waals surface area contributed by atoms with Gasteiger partial charge in [-0.2, -0.15) is 0 Å². The minimum absolute atomic E-state index is 0.0123. The molecule has 0 N–H and O–H groups in total. The maximum atomic E-state index is 12.3. The van der Waals surface area contributed by atoms with E-state index in [1.807, 2.05) is 42.3 Å². The molecule has 5 heteroatoms. The van der Waals surface area contributed by atoms with Crippen molar-refractivity contribution in [3.8, 4) is 5.75 Å². The van der Waals surface area contributed by atoms with Crippen LogP contribution in [0.15, 0.2) is 30.3 Å². The summed E-state index contributed by atoms with van der Waals surface area (Å²) in [4.78, 5) is 28.2. The molecular weight excluding hydrogens is 292 g/mol. The first-order chi connectivity index (χ1) is 11.1. The van der Waals surface area contributed by atoms with Gasteiger partial charge in [-0.3, -0.25) is 9.59 Å². The summed E-state index contributed by atoms with van der Waals surface area (Å²) in [5.41, 5.74) is 0. The van der Waals surface area contributed by atoms with Crippen LogP contribution >= 0.6 is 0 Å². The number of piperidine rings is 1. The van der Waals surface area contributed by atoms with Crippen molar-refractivity contribution in [1.29, 1.82) is 0 Å². The number of carbonyl (C=O) groups excluding carboxylic acids is 2. The van der Waals surface area contributed by atoms with Crippen LogP contribution in [0, 0.1) is 11.8 Å². The van der Waals surface area contributed by atoms with Crippen LogP contribution in [0.4, 0.5) is 0 Å². The van der Waals surface area contributed by atoms with Gasteiger partial charge in [0, 0.05) is 33.1 Å². The quantitative estimate of drug-likeness (QED) is 0.778. The smallest absolute Gasteiger partial charge is 0.227 e. The van der Waals surface area contributed by atoms with Crippen molar-refractivity contribution in [2.45, 2.75) is 19.3 Å². The average Bonchev–Trinajstić information content (AvgIpc) is 3.01. The predicted molar refractivity (Wildman–Crippen MR) is 87.0 cm³/mol. The van der Waals surface area contributed by atoms with Gasteiger partial charge in [-0.15, -0.1) is 0 Å². The summed E-state index contributed by atoms with van der Waals surface area (Å²) in [5, 5.41) is 0. The monoisotopic (exact) mass is 316 g/mol. The summed E-state index contributed by atoms with van der Waals surface area (Å²) in [6.07, 6.45) is 2.19. The number of hydrogen-bond donors (Lipinski definition) is 0. The number of para-hydroxylation sites is 1. The molecule has 0 radical (unpaired) electrons. The molecule has 124 valence electrons. The van der Waals surface area contributed by atoms with Gasteiger partial charge >= 0.3 is 0 Å². The number of nitrogens with zero attached hydrogens (tertiary/aromatic N) is 2. The van der Waals surface area contributed by atoms with Gasteiger partial charge in [-0.1, -0.05) is 18.2 Å². The number of ether oxygens (including phenoxy) is 1. The summed E-state index contributed by atoms with van der Waals surface area (Å²) in [7, 11) is 1.85. The van der Waals surface area contributed by atoms with Gasteiger partial charge in [-0.05, 0) is 30.9 Å². The first kappa shape index (κ1) is 15.8. The first-order valence-electron chi connectivity index (χ1n) is 8.36. The highest BCUT2D eigenvalue weighted by Gasteiger charge is 2.42. The number of likely N-dealkylation sites (tertiary alicyclic amines) is 2. The zero-order valence-corrected chi connectivity index (χ0v) is 13.6. The number of hydrogen-bond acceptors (Lipinski definition) is 3. The number of benzene rings is 1. The van der Waals surface area contributed by atoms with Crippen LogP contribution < -0.4 is 4.74 Å². The Morgan fingerprint density at radius 1 is 1.26 bits per heavy atom. The Bertz CT molecular complexity index is 561. The van der Waals surface area contributed by atoms with Crippen molar-refractivity contribution in [3.05, 3.63) is 30.3 Å². The van der Waals surface area contributed by atoms with Crippen LogP contribution in [0.1, 0.15) is 19.3 Å². The molecule has 2 amide bonds. The lowest BCUT2D eigenvalue weighted by Crippen LogP contribution is -2.42. The highest BCUT2D eigenvalue weighted by molar-refractivity contribution is 5.83. The lowest BCUT2D eigenvalue weighted by molar-refractivity contribution is -0.138. The van der Waals surface area contributed by atoms with Crippen LogP contribution in [0.25, 0.3) is 0 Å². The van der Waals surface area contributed by atoms with E-state index in [0.717, 1.165) is 25.3 Å². The second kappa shape index (κ2) is 7.02. The molecular formula is C18H24N2O3. The zero-order valence-electron chi connectivity index (χ0n) is 13.6. The Hall–Kier alpha value is -2.04. The molecule has 23 heavy (non-hydrogen) atoms. The molecule has 2 atom stereocenters. The van der Waals surface area contributed by atoms with Crippen molar-refractivity contribution < 1.29 is 14.3 Å². The molecule has 1 aromatic carbocycles. The minimum atomic E-state index is 0.0123. The first-order valence-corrected chi connectivity index (χ1v) is 8.36. The van der Waals surface area contributed by atoms with E-state index in [9.17, 15) is 9.59 Å². The van der Waals surface area contributed by atoms with Gasteiger partial charge in [-0.25, -0.2) is 0 Å². The van der Waals surface area contributed by atoms with Crippen LogP contribution in [-0.4, -0.2) is 54.9 Å². The normalized spacial score (nSPS) is 23.8. The molecule has 0 saturated carbocycles. The number of amides is 2. The Labute approximate surface area is 137 Å². The molecule has 0 spiro atoms. The van der Waals surface area contributed by atoms with Crippen molar-refractivity contribution in [3.63, 3.8) is 0 Å². The van der Waals surface area contributed by atoms with Crippen LogP contribution in [0.2, 0.25) is 0 Å². The highest BCUT2D eigenvalue weighted by Crippen LogP contribution is 2.31. The average molecular weight is 316 g/mol. The third-order valence-electron chi connectivity index (χ3n) is 4.87. The molecule has 5 nitrogen and oxygen atoms in total. The second-order valence-corrected chi connectivity index (χ2v) is 6.48. The second-order valence-electron chi connectivity index (χ2n) is 6.48. The lowest BCUT2D eigenvalue weighted by atomic mass is 9.88. The number of rotatable bonds is 5. The van der Waals surface area contributed by atoms with Crippen molar-refractivity contribution in [1.82, 2.24) is 9.80 Å². The van der Waals surface area contributed by atoms with E-state index in [4.69, 9.17) is 4.74 Å². The van der Waals surface area contributed by atoms with Crippen LogP contribution in [-0.2, 0) is 9.59 Å². The van der Waals surface area contributed by atoms with Gasteiger partial charge in [0.15, 0.2) is 0 Å². The summed E-state index contributed by atoms with van der Waals surface area (Å²) in [6.45, 7) is 2.68. The molecule has 0 aromatic heterocycles. The zero-order chi connectivity index (χ0) is 16.2. The SMILES string of the molecule is CN1CC[C@@H]2CN(C(=O)CCCOc3ccccc3)C[C@@H]2C1=O. The Morgan fingerprint density at radius 3 is 2.83 bits per heavy atom. The third kappa shape index (κ3) is 3.66. The fourth-order valence-electron chi connectivity index (χ4n) is 3.49. The Balaban J connectivity index is 1.42. The lowest BCUT2D eigenvalue weighted by Gasteiger charge is -2.30. The molecule has 2 fully saturated rings. The van der Waals surface area contributed by atoms with Gasteiger partial charge in [0.2, 0.25) is 11.8 Å². The standard InChI is InChI=1S/C18H24N2O3/c1-19-10-9-14-12-20(13-16(14)18(19)22)17(21)8-5-11-23-15-6-3-2-4-7-15/h2-4,6-7,14,16H,5,8-13H2,1H3/t14-,16+/m1/s1. The van der Waals surface area contributed by atoms with Gasteiger partial charge in [0.05, 0.1) is 12.5 Å². The fraction of sp³-hybridized carbons (Fsp3) is 0.556. The Kier molecular flexibility index (Phi) is 4.84. The van der Waals surface area contributed by atoms with Crippen molar-refractivity contribution in [2.24, 2.45) is 11.8 Å². The topological polar surface area (TPSA) is 49.9 Å². The van der Waals surface area contributed by atoms with E-state index in [-0.39, 0.29) is 17.7 Å². The van der Waals surface area contributed by atoms with Gasteiger partial charge in [0.1, 0.15) is 5.75 Å². The van der Waals surface area contributed by atoms with Crippen molar-refractivity contribution >= 4 is 11.8 Å². The van der Waals surface area contributed by atoms with Gasteiger partial charge in [0.25, 0.3) is 0 Å². The largest absolute Gasteiger partial charge is 0.494 e. The predicted octanol–water partition coefficient (Wildman–Crippen LogP) is 1.78. The number of fused-ring (bicyclic) bond motifs is 1. The minimum Gasteiger partial charge on any atom is -0.494 e.